The first-order chi connectivity index (χ1) is 9.19. The molecular formula is C15H20ClNO2. The highest BCUT2D eigenvalue weighted by atomic mass is 35.5. The lowest BCUT2D eigenvalue weighted by atomic mass is 9.79. The van der Waals surface area contributed by atoms with Gasteiger partial charge in [0.2, 0.25) is 0 Å². The van der Waals surface area contributed by atoms with Gasteiger partial charge in [-0.1, -0.05) is 11.6 Å². The Hall–Kier alpha value is -1.09. The van der Waals surface area contributed by atoms with Crippen LogP contribution in [-0.4, -0.2) is 17.6 Å². The SMILES string of the molecule is CCOC(=O)C1CCC(Cc2ccnc(Cl)c2)CC1. The molecule has 2 rings (SSSR count). The van der Waals surface area contributed by atoms with Crippen LogP contribution in [0.25, 0.3) is 0 Å². The smallest absolute Gasteiger partial charge is 0.308 e. The number of nitrogens with zero attached hydrogens (tertiary/aromatic N) is 1. The van der Waals surface area contributed by atoms with Crippen LogP contribution in [0.2, 0.25) is 5.15 Å². The monoisotopic (exact) mass is 281 g/mol. The first kappa shape index (κ1) is 14.3. The second-order valence-electron chi connectivity index (χ2n) is 5.16. The van der Waals surface area contributed by atoms with Gasteiger partial charge in [0, 0.05) is 6.20 Å². The van der Waals surface area contributed by atoms with Crippen molar-refractivity contribution in [3.8, 4) is 0 Å². The van der Waals surface area contributed by atoms with Crippen molar-refractivity contribution >= 4 is 17.6 Å². The van der Waals surface area contributed by atoms with Gasteiger partial charge in [-0.3, -0.25) is 4.79 Å². The van der Waals surface area contributed by atoms with E-state index in [0.29, 0.717) is 17.7 Å². The summed E-state index contributed by atoms with van der Waals surface area (Å²) in [5.74, 6) is 0.731. The first-order valence-electron chi connectivity index (χ1n) is 6.96. The van der Waals surface area contributed by atoms with E-state index in [-0.39, 0.29) is 11.9 Å². The van der Waals surface area contributed by atoms with E-state index in [2.05, 4.69) is 4.98 Å². The fraction of sp³-hybridized carbons (Fsp3) is 0.600. The van der Waals surface area contributed by atoms with Crippen LogP contribution in [0.5, 0.6) is 0 Å². The molecule has 1 aliphatic carbocycles. The van der Waals surface area contributed by atoms with Crippen LogP contribution in [0.15, 0.2) is 18.3 Å². The minimum Gasteiger partial charge on any atom is -0.466 e. The molecule has 0 unspecified atom stereocenters. The summed E-state index contributed by atoms with van der Waals surface area (Å²) in [4.78, 5) is 15.7. The second-order valence-corrected chi connectivity index (χ2v) is 5.55. The van der Waals surface area contributed by atoms with Crippen molar-refractivity contribution < 1.29 is 9.53 Å². The second kappa shape index (κ2) is 6.90. The Morgan fingerprint density at radius 1 is 1.42 bits per heavy atom. The van der Waals surface area contributed by atoms with Crippen LogP contribution in [0, 0.1) is 11.8 Å². The van der Waals surface area contributed by atoms with Crippen LogP contribution in [0.1, 0.15) is 38.2 Å². The summed E-state index contributed by atoms with van der Waals surface area (Å²) in [6.07, 6.45) is 6.84. The number of carbonyl (C=O) groups excluding carboxylic acids is 1. The number of hydrogen-bond acceptors (Lipinski definition) is 3. The Morgan fingerprint density at radius 2 is 2.16 bits per heavy atom. The van der Waals surface area contributed by atoms with Crippen LogP contribution in [-0.2, 0) is 16.0 Å². The zero-order chi connectivity index (χ0) is 13.7. The zero-order valence-electron chi connectivity index (χ0n) is 11.3. The van der Waals surface area contributed by atoms with Gasteiger partial charge in [0.15, 0.2) is 0 Å². The first-order valence-corrected chi connectivity index (χ1v) is 7.34. The van der Waals surface area contributed by atoms with Gasteiger partial charge in [0.1, 0.15) is 5.15 Å². The lowest BCUT2D eigenvalue weighted by Crippen LogP contribution is -2.24. The maximum atomic E-state index is 11.7. The molecule has 0 aromatic carbocycles. The molecule has 0 spiro atoms. The van der Waals surface area contributed by atoms with Crippen molar-refractivity contribution in [3.05, 3.63) is 29.0 Å². The molecule has 0 bridgehead atoms. The highest BCUT2D eigenvalue weighted by molar-refractivity contribution is 6.29. The molecule has 4 heteroatoms. The van der Waals surface area contributed by atoms with E-state index in [4.69, 9.17) is 16.3 Å². The normalized spacial score (nSPS) is 23.1. The minimum absolute atomic E-state index is 0.0205. The Labute approximate surface area is 119 Å². The van der Waals surface area contributed by atoms with E-state index >= 15 is 0 Å². The van der Waals surface area contributed by atoms with Crippen LogP contribution >= 0.6 is 11.6 Å². The summed E-state index contributed by atoms with van der Waals surface area (Å²) >= 11 is 5.89. The van der Waals surface area contributed by atoms with Crippen molar-refractivity contribution in [1.82, 2.24) is 4.98 Å². The number of hydrogen-bond donors (Lipinski definition) is 0. The topological polar surface area (TPSA) is 39.2 Å². The predicted molar refractivity (Wildman–Crippen MR) is 75.0 cm³/mol. The Morgan fingerprint density at radius 3 is 2.79 bits per heavy atom. The highest BCUT2D eigenvalue weighted by Crippen LogP contribution is 2.31. The molecule has 0 saturated heterocycles. The van der Waals surface area contributed by atoms with E-state index < -0.39 is 0 Å². The van der Waals surface area contributed by atoms with E-state index in [1.165, 1.54) is 5.56 Å². The molecule has 104 valence electrons. The third-order valence-electron chi connectivity index (χ3n) is 3.78. The summed E-state index contributed by atoms with van der Waals surface area (Å²) in [5, 5.41) is 0.553. The van der Waals surface area contributed by atoms with Crippen LogP contribution in [0.4, 0.5) is 0 Å². The molecule has 0 N–H and O–H groups in total. The van der Waals surface area contributed by atoms with Crippen molar-refractivity contribution in [2.24, 2.45) is 11.8 Å². The van der Waals surface area contributed by atoms with E-state index in [1.807, 2.05) is 19.1 Å². The third-order valence-corrected chi connectivity index (χ3v) is 3.99. The summed E-state index contributed by atoms with van der Waals surface area (Å²) in [7, 11) is 0. The molecule has 1 aromatic rings. The average Bonchev–Trinajstić information content (AvgIpc) is 2.40. The molecule has 1 heterocycles. The van der Waals surface area contributed by atoms with Crippen LogP contribution in [0.3, 0.4) is 0 Å². The van der Waals surface area contributed by atoms with Gasteiger partial charge in [0.05, 0.1) is 12.5 Å². The molecule has 3 nitrogen and oxygen atoms in total. The van der Waals surface area contributed by atoms with Gasteiger partial charge in [-0.25, -0.2) is 4.98 Å². The quantitative estimate of drug-likeness (QED) is 0.625. The molecular weight excluding hydrogens is 262 g/mol. The Balaban J connectivity index is 1.82. The molecule has 1 aromatic heterocycles. The zero-order valence-corrected chi connectivity index (χ0v) is 12.0. The molecule has 1 aliphatic rings. The number of aromatic nitrogens is 1. The van der Waals surface area contributed by atoms with E-state index in [1.54, 1.807) is 6.20 Å². The Kier molecular flexibility index (Phi) is 5.20. The van der Waals surface area contributed by atoms with Gasteiger partial charge in [-0.15, -0.1) is 0 Å². The molecule has 0 amide bonds. The van der Waals surface area contributed by atoms with E-state index in [0.717, 1.165) is 32.1 Å². The highest BCUT2D eigenvalue weighted by Gasteiger charge is 2.27. The summed E-state index contributed by atoms with van der Waals surface area (Å²) in [6.45, 7) is 2.34. The number of carbonyl (C=O) groups is 1. The summed E-state index contributed by atoms with van der Waals surface area (Å²) in [6, 6.07) is 3.95. The average molecular weight is 282 g/mol. The van der Waals surface area contributed by atoms with Crippen molar-refractivity contribution in [3.63, 3.8) is 0 Å². The van der Waals surface area contributed by atoms with Crippen molar-refractivity contribution in [1.29, 1.82) is 0 Å². The van der Waals surface area contributed by atoms with Gasteiger partial charge in [-0.05, 0) is 62.6 Å². The van der Waals surface area contributed by atoms with Gasteiger partial charge < -0.3 is 4.74 Å². The summed E-state index contributed by atoms with van der Waals surface area (Å²) < 4.78 is 5.09. The molecule has 0 aliphatic heterocycles. The Bertz CT molecular complexity index is 428. The lowest BCUT2D eigenvalue weighted by Gasteiger charge is -2.27. The fourth-order valence-electron chi connectivity index (χ4n) is 2.77. The predicted octanol–water partition coefficient (Wildman–Crippen LogP) is 3.65. The standard InChI is InChI=1S/C15H20ClNO2/c1-2-19-15(18)13-5-3-11(4-6-13)9-12-7-8-17-14(16)10-12/h7-8,10-11,13H,2-6,9H2,1H3. The molecule has 0 atom stereocenters. The van der Waals surface area contributed by atoms with Gasteiger partial charge in [-0.2, -0.15) is 0 Å². The summed E-state index contributed by atoms with van der Waals surface area (Å²) in [5.41, 5.74) is 1.24. The maximum absolute atomic E-state index is 11.7. The third kappa shape index (κ3) is 4.20. The molecule has 19 heavy (non-hydrogen) atoms. The number of halogens is 1. The minimum atomic E-state index is -0.0205. The lowest BCUT2D eigenvalue weighted by molar-refractivity contribution is -0.149. The van der Waals surface area contributed by atoms with E-state index in [9.17, 15) is 4.79 Å². The number of rotatable bonds is 4. The van der Waals surface area contributed by atoms with Gasteiger partial charge in [0.25, 0.3) is 0 Å². The molecule has 0 radical (unpaired) electrons. The fourth-order valence-corrected chi connectivity index (χ4v) is 2.96. The largest absolute Gasteiger partial charge is 0.466 e. The van der Waals surface area contributed by atoms with Gasteiger partial charge >= 0.3 is 5.97 Å². The number of pyridine rings is 1. The molecule has 1 saturated carbocycles. The maximum Gasteiger partial charge on any atom is 0.308 e. The molecule has 1 fully saturated rings. The van der Waals surface area contributed by atoms with Crippen molar-refractivity contribution in [2.75, 3.05) is 6.61 Å². The number of ether oxygens (including phenoxy) is 1. The van der Waals surface area contributed by atoms with Crippen molar-refractivity contribution in [2.45, 2.75) is 39.0 Å². The number of esters is 1. The van der Waals surface area contributed by atoms with Crippen LogP contribution < -0.4 is 0 Å².